The first-order chi connectivity index (χ1) is 28.2. The molecule has 0 N–H and O–H groups in total. The minimum absolute atomic E-state index is 0.858. The van der Waals surface area contributed by atoms with Gasteiger partial charge >= 0.3 is 0 Å². The second kappa shape index (κ2) is 13.7. The number of anilines is 3. The van der Waals surface area contributed by atoms with Crippen LogP contribution in [-0.4, -0.2) is 0 Å². The summed E-state index contributed by atoms with van der Waals surface area (Å²) in [4.78, 5) is 2.36. The zero-order chi connectivity index (χ0) is 37.7. The first-order valence-electron chi connectivity index (χ1n) is 19.6. The number of benzene rings is 9. The average molecular weight is 728 g/mol. The molecule has 2 aliphatic rings. The van der Waals surface area contributed by atoms with Gasteiger partial charge in [-0.15, -0.1) is 0 Å². The maximum Gasteiger partial charge on any atom is 0.135 e. The normalized spacial score (nSPS) is 11.9. The van der Waals surface area contributed by atoms with Gasteiger partial charge < -0.3 is 9.64 Å². The highest BCUT2D eigenvalue weighted by Gasteiger charge is 2.23. The van der Waals surface area contributed by atoms with Gasteiger partial charge in [0.2, 0.25) is 0 Å². The minimum Gasteiger partial charge on any atom is -0.456 e. The van der Waals surface area contributed by atoms with E-state index >= 15 is 0 Å². The molecule has 0 fully saturated rings. The molecule has 0 atom stereocenters. The monoisotopic (exact) mass is 727 g/mol. The third-order valence-electron chi connectivity index (χ3n) is 11.5. The van der Waals surface area contributed by atoms with Crippen LogP contribution < -0.4 is 9.64 Å². The second-order valence-electron chi connectivity index (χ2n) is 14.9. The highest BCUT2D eigenvalue weighted by Crippen LogP contribution is 2.49. The van der Waals surface area contributed by atoms with Crippen LogP contribution in [0.2, 0.25) is 0 Å². The molecule has 1 aliphatic carbocycles. The van der Waals surface area contributed by atoms with E-state index in [1.165, 1.54) is 55.6 Å². The number of rotatable bonds is 6. The third kappa shape index (κ3) is 5.91. The fraction of sp³-hybridized carbons (Fsp3) is 0.0182. The van der Waals surface area contributed by atoms with Crippen LogP contribution >= 0.6 is 0 Å². The van der Waals surface area contributed by atoms with E-state index in [4.69, 9.17) is 4.74 Å². The van der Waals surface area contributed by atoms with Gasteiger partial charge in [0, 0.05) is 28.2 Å². The summed E-state index contributed by atoms with van der Waals surface area (Å²) in [5.41, 5.74) is 20.5. The van der Waals surface area contributed by atoms with Crippen LogP contribution in [0.15, 0.2) is 212 Å². The zero-order valence-corrected chi connectivity index (χ0v) is 31.3. The molecule has 0 saturated carbocycles. The van der Waals surface area contributed by atoms with Crippen molar-refractivity contribution in [1.82, 2.24) is 0 Å². The van der Waals surface area contributed by atoms with Crippen molar-refractivity contribution in [3.05, 3.63) is 223 Å². The summed E-state index contributed by atoms with van der Waals surface area (Å²) >= 11 is 0. The van der Waals surface area contributed by atoms with E-state index in [1.54, 1.807) is 0 Å². The SMILES string of the molecule is c1ccc(-c2ccc(N(c3ccc(-c4ccc(-c5ccc6c(c5)-c5ccccc5C6)cc4)cc3)c3ccc4c(c3)-c3ccccc3Oc3ccccc3-4)cc2)cc1. The lowest BCUT2D eigenvalue weighted by Crippen LogP contribution is -2.10. The molecular weight excluding hydrogens is 691 g/mol. The quantitative estimate of drug-likeness (QED) is 0.169. The number of hydrogen-bond donors (Lipinski definition) is 0. The third-order valence-corrected chi connectivity index (χ3v) is 11.5. The molecule has 11 rings (SSSR count). The molecule has 0 bridgehead atoms. The lowest BCUT2D eigenvalue weighted by atomic mass is 9.93. The first kappa shape index (κ1) is 33.0. The predicted molar refractivity (Wildman–Crippen MR) is 237 cm³/mol. The van der Waals surface area contributed by atoms with E-state index in [2.05, 4.69) is 205 Å². The Bertz CT molecular complexity index is 2930. The Morgan fingerprint density at radius 2 is 0.737 bits per heavy atom. The molecule has 0 amide bonds. The largest absolute Gasteiger partial charge is 0.456 e. The number of ether oxygens (including phenoxy) is 1. The van der Waals surface area contributed by atoms with Gasteiger partial charge in [-0.2, -0.15) is 0 Å². The molecule has 0 radical (unpaired) electrons. The van der Waals surface area contributed by atoms with Crippen LogP contribution in [0.5, 0.6) is 11.5 Å². The topological polar surface area (TPSA) is 12.5 Å². The van der Waals surface area contributed by atoms with Crippen molar-refractivity contribution < 1.29 is 4.74 Å². The highest BCUT2D eigenvalue weighted by atomic mass is 16.5. The Balaban J connectivity index is 0.963. The Labute approximate surface area is 333 Å². The van der Waals surface area contributed by atoms with E-state index in [0.717, 1.165) is 57.2 Å². The van der Waals surface area contributed by atoms with Crippen molar-refractivity contribution in [1.29, 1.82) is 0 Å². The number of fused-ring (bicyclic) bond motifs is 8. The summed E-state index contributed by atoms with van der Waals surface area (Å²) in [6.45, 7) is 0. The second-order valence-corrected chi connectivity index (χ2v) is 14.9. The smallest absolute Gasteiger partial charge is 0.135 e. The van der Waals surface area contributed by atoms with Gasteiger partial charge in [0.25, 0.3) is 0 Å². The molecule has 57 heavy (non-hydrogen) atoms. The zero-order valence-electron chi connectivity index (χ0n) is 31.3. The average Bonchev–Trinajstić information content (AvgIpc) is 3.59. The molecule has 1 aliphatic heterocycles. The molecule has 0 aromatic heterocycles. The van der Waals surface area contributed by atoms with Crippen molar-refractivity contribution in [3.63, 3.8) is 0 Å². The van der Waals surface area contributed by atoms with Crippen molar-refractivity contribution in [2.75, 3.05) is 4.90 Å². The van der Waals surface area contributed by atoms with E-state index in [-0.39, 0.29) is 0 Å². The summed E-state index contributed by atoms with van der Waals surface area (Å²) in [6, 6.07) is 76.6. The fourth-order valence-electron chi connectivity index (χ4n) is 8.65. The molecule has 2 heteroatoms. The number of hydrogen-bond acceptors (Lipinski definition) is 2. The van der Waals surface area contributed by atoms with Crippen LogP contribution in [0.4, 0.5) is 17.1 Å². The van der Waals surface area contributed by atoms with Crippen LogP contribution in [0.1, 0.15) is 11.1 Å². The van der Waals surface area contributed by atoms with Crippen molar-refractivity contribution in [3.8, 4) is 78.3 Å². The summed E-state index contributed by atoms with van der Waals surface area (Å²) in [5, 5.41) is 0. The first-order valence-corrected chi connectivity index (χ1v) is 19.6. The fourth-order valence-corrected chi connectivity index (χ4v) is 8.65. The summed E-state index contributed by atoms with van der Waals surface area (Å²) < 4.78 is 6.51. The molecule has 2 nitrogen and oxygen atoms in total. The maximum atomic E-state index is 6.51. The van der Waals surface area contributed by atoms with Crippen LogP contribution in [-0.2, 0) is 6.42 Å². The predicted octanol–water partition coefficient (Wildman–Crippen LogP) is 15.2. The molecule has 0 spiro atoms. The van der Waals surface area contributed by atoms with Crippen LogP contribution in [0.25, 0.3) is 66.8 Å². The van der Waals surface area contributed by atoms with Gasteiger partial charge in [-0.05, 0) is 128 Å². The van der Waals surface area contributed by atoms with Crippen molar-refractivity contribution >= 4 is 17.1 Å². The molecular formula is C55H37NO. The minimum atomic E-state index is 0.858. The van der Waals surface area contributed by atoms with Crippen LogP contribution in [0.3, 0.4) is 0 Å². The molecule has 0 saturated heterocycles. The summed E-state index contributed by atoms with van der Waals surface area (Å²) in [5.74, 6) is 1.72. The maximum absolute atomic E-state index is 6.51. The molecule has 0 unspecified atom stereocenters. The van der Waals surface area contributed by atoms with Crippen molar-refractivity contribution in [2.24, 2.45) is 0 Å². The van der Waals surface area contributed by atoms with Gasteiger partial charge in [0.1, 0.15) is 11.5 Å². The lowest BCUT2D eigenvalue weighted by Gasteiger charge is -2.27. The standard InChI is InChI=1S/C55H37NO/c1-2-10-37(11-3-1)39-24-28-45(29-25-39)56(47-32-33-49-50-14-6-8-16-54(50)57-55-17-9-7-15-51(55)53(49)36-47)46-30-26-40(27-31-46)38-18-20-41(21-19-38)42-22-23-44-34-43-12-4-5-13-48(43)52(44)35-42/h1-33,35-36H,34H2. The van der Waals surface area contributed by atoms with Gasteiger partial charge in [-0.3, -0.25) is 0 Å². The van der Waals surface area contributed by atoms with Gasteiger partial charge in [-0.1, -0.05) is 158 Å². The lowest BCUT2D eigenvalue weighted by molar-refractivity contribution is 0.488. The summed E-state index contributed by atoms with van der Waals surface area (Å²) in [6.07, 6.45) is 1.01. The summed E-state index contributed by atoms with van der Waals surface area (Å²) in [7, 11) is 0. The number of para-hydroxylation sites is 2. The van der Waals surface area contributed by atoms with E-state index in [9.17, 15) is 0 Å². The Kier molecular flexibility index (Phi) is 7.93. The van der Waals surface area contributed by atoms with Crippen molar-refractivity contribution in [2.45, 2.75) is 6.42 Å². The van der Waals surface area contributed by atoms with Gasteiger partial charge in [0.05, 0.1) is 0 Å². The van der Waals surface area contributed by atoms with E-state index in [0.29, 0.717) is 0 Å². The Morgan fingerprint density at radius 1 is 0.281 bits per heavy atom. The molecule has 9 aromatic carbocycles. The van der Waals surface area contributed by atoms with Crippen LogP contribution in [0, 0.1) is 0 Å². The van der Waals surface area contributed by atoms with E-state index < -0.39 is 0 Å². The van der Waals surface area contributed by atoms with Gasteiger partial charge in [-0.25, -0.2) is 0 Å². The Hall–Kier alpha value is -7.42. The highest BCUT2D eigenvalue weighted by molar-refractivity contribution is 5.94. The van der Waals surface area contributed by atoms with E-state index in [1.807, 2.05) is 12.1 Å². The molecule has 9 aromatic rings. The van der Waals surface area contributed by atoms with Gasteiger partial charge in [0.15, 0.2) is 0 Å². The Morgan fingerprint density at radius 3 is 1.39 bits per heavy atom. The molecule has 1 heterocycles. The molecule has 268 valence electrons. The number of nitrogens with zero attached hydrogens (tertiary/aromatic N) is 1.